The van der Waals surface area contributed by atoms with Gasteiger partial charge in [-0.1, -0.05) is 6.92 Å². The van der Waals surface area contributed by atoms with Gasteiger partial charge in [0.1, 0.15) is 5.75 Å². The number of carbonyl (C=O) groups excluding carboxylic acids is 1. The third kappa shape index (κ3) is 1.75. The fourth-order valence-corrected chi connectivity index (χ4v) is 1.03. The molecule has 3 nitrogen and oxygen atoms in total. The maximum Gasteiger partial charge on any atom is 0.211 e. The van der Waals surface area contributed by atoms with E-state index in [2.05, 4.69) is 5.32 Å². The van der Waals surface area contributed by atoms with Crippen LogP contribution in [0.15, 0.2) is 18.2 Å². The van der Waals surface area contributed by atoms with Gasteiger partial charge in [-0.3, -0.25) is 4.79 Å². The summed E-state index contributed by atoms with van der Waals surface area (Å²) in [6, 6.07) is 4.98. The van der Waals surface area contributed by atoms with Gasteiger partial charge >= 0.3 is 0 Å². The van der Waals surface area contributed by atoms with E-state index in [0.29, 0.717) is 12.1 Å². The summed E-state index contributed by atoms with van der Waals surface area (Å²) in [6.45, 7) is 1.94. The minimum atomic E-state index is 0.272. The summed E-state index contributed by atoms with van der Waals surface area (Å²) in [6.07, 6.45) is 1.37. The van der Waals surface area contributed by atoms with Crippen LogP contribution in [0.5, 0.6) is 5.75 Å². The van der Waals surface area contributed by atoms with Crippen LogP contribution in [0.3, 0.4) is 0 Å². The average Bonchev–Trinajstić information content (AvgIpc) is 2.09. The quantitative estimate of drug-likeness (QED) is 0.527. The number of phenolic OH excluding ortho intramolecular Hbond substituents is 1. The Hall–Kier alpha value is -1.51. The summed E-state index contributed by atoms with van der Waals surface area (Å²) in [4.78, 5) is 10.1. The first-order chi connectivity index (χ1) is 5.77. The molecule has 0 aromatic heterocycles. The number of nitrogens with one attached hydrogen (secondary N) is 1. The molecule has 1 amide bonds. The van der Waals surface area contributed by atoms with E-state index in [1.807, 2.05) is 6.92 Å². The molecule has 0 aliphatic heterocycles. The van der Waals surface area contributed by atoms with Crippen molar-refractivity contribution in [2.45, 2.75) is 13.3 Å². The summed E-state index contributed by atoms with van der Waals surface area (Å²) in [5.41, 5.74) is 1.54. The predicted octanol–water partition coefficient (Wildman–Crippen LogP) is 1.52. The van der Waals surface area contributed by atoms with E-state index in [1.54, 1.807) is 18.2 Å². The van der Waals surface area contributed by atoms with Crippen molar-refractivity contribution in [3.8, 4) is 5.75 Å². The van der Waals surface area contributed by atoms with E-state index in [1.165, 1.54) is 0 Å². The maximum absolute atomic E-state index is 10.1. The highest BCUT2D eigenvalue weighted by atomic mass is 16.3. The Bertz CT molecular complexity index is 284. The second-order valence-corrected chi connectivity index (χ2v) is 2.46. The molecule has 0 fully saturated rings. The van der Waals surface area contributed by atoms with E-state index in [0.717, 1.165) is 12.0 Å². The van der Waals surface area contributed by atoms with Crippen molar-refractivity contribution in [1.82, 2.24) is 0 Å². The van der Waals surface area contributed by atoms with Gasteiger partial charge < -0.3 is 10.4 Å². The molecule has 0 aliphatic rings. The van der Waals surface area contributed by atoms with Crippen molar-refractivity contribution in [2.75, 3.05) is 5.32 Å². The molecule has 12 heavy (non-hydrogen) atoms. The molecule has 0 radical (unpaired) electrons. The molecule has 0 saturated heterocycles. The Balaban J connectivity index is 2.96. The highest BCUT2D eigenvalue weighted by Crippen LogP contribution is 2.21. The second-order valence-electron chi connectivity index (χ2n) is 2.46. The Kier molecular flexibility index (Phi) is 2.69. The first kappa shape index (κ1) is 8.59. The van der Waals surface area contributed by atoms with E-state index in [-0.39, 0.29) is 5.75 Å². The lowest BCUT2D eigenvalue weighted by Crippen LogP contribution is -1.94. The predicted molar refractivity (Wildman–Crippen MR) is 47.2 cm³/mol. The van der Waals surface area contributed by atoms with Crippen LogP contribution in [0.4, 0.5) is 5.69 Å². The van der Waals surface area contributed by atoms with Gasteiger partial charge in [0.25, 0.3) is 0 Å². The smallest absolute Gasteiger partial charge is 0.211 e. The van der Waals surface area contributed by atoms with Crippen molar-refractivity contribution in [1.29, 1.82) is 0 Å². The Labute approximate surface area is 71.0 Å². The van der Waals surface area contributed by atoms with Gasteiger partial charge in [0, 0.05) is 5.69 Å². The Morgan fingerprint density at radius 2 is 2.33 bits per heavy atom. The van der Waals surface area contributed by atoms with Crippen molar-refractivity contribution < 1.29 is 9.90 Å². The van der Waals surface area contributed by atoms with Crippen LogP contribution in [0.2, 0.25) is 0 Å². The van der Waals surface area contributed by atoms with Gasteiger partial charge in [0.2, 0.25) is 6.41 Å². The number of aryl methyl sites for hydroxylation is 1. The SMILES string of the molecule is CCc1cc(NC=O)ccc1O. The number of hydrogen-bond acceptors (Lipinski definition) is 2. The highest BCUT2D eigenvalue weighted by Gasteiger charge is 1.98. The van der Waals surface area contributed by atoms with Crippen molar-refractivity contribution in [3.63, 3.8) is 0 Å². The fourth-order valence-electron chi connectivity index (χ4n) is 1.03. The van der Waals surface area contributed by atoms with E-state index in [4.69, 9.17) is 0 Å². The number of carbonyl (C=O) groups is 1. The Morgan fingerprint density at radius 1 is 1.58 bits per heavy atom. The molecule has 0 unspecified atom stereocenters. The lowest BCUT2D eigenvalue weighted by Gasteiger charge is -2.03. The summed E-state index contributed by atoms with van der Waals surface area (Å²) < 4.78 is 0. The van der Waals surface area contributed by atoms with Crippen molar-refractivity contribution in [3.05, 3.63) is 23.8 Å². The van der Waals surface area contributed by atoms with Crippen molar-refractivity contribution in [2.24, 2.45) is 0 Å². The second kappa shape index (κ2) is 3.76. The van der Waals surface area contributed by atoms with Crippen molar-refractivity contribution >= 4 is 12.1 Å². The van der Waals surface area contributed by atoms with Crippen LogP contribution in [-0.4, -0.2) is 11.5 Å². The standard InChI is InChI=1S/C9H11NO2/c1-2-7-5-8(10-6-11)3-4-9(7)12/h3-6,12H,2H2,1H3,(H,10,11). The minimum absolute atomic E-state index is 0.272. The number of aromatic hydroxyl groups is 1. The van der Waals surface area contributed by atoms with Gasteiger partial charge in [-0.2, -0.15) is 0 Å². The van der Waals surface area contributed by atoms with Gasteiger partial charge in [-0.25, -0.2) is 0 Å². The molecular weight excluding hydrogens is 154 g/mol. The summed E-state index contributed by atoms with van der Waals surface area (Å²) >= 11 is 0. The lowest BCUT2D eigenvalue weighted by molar-refractivity contribution is -0.105. The van der Waals surface area contributed by atoms with E-state index in [9.17, 15) is 9.90 Å². The number of rotatable bonds is 3. The van der Waals surface area contributed by atoms with Crippen LogP contribution in [0, 0.1) is 0 Å². The fraction of sp³-hybridized carbons (Fsp3) is 0.222. The average molecular weight is 165 g/mol. The van der Waals surface area contributed by atoms with Crippen LogP contribution < -0.4 is 5.32 Å². The molecule has 0 aliphatic carbocycles. The maximum atomic E-state index is 10.1. The molecular formula is C9H11NO2. The highest BCUT2D eigenvalue weighted by molar-refractivity contribution is 5.72. The molecule has 2 N–H and O–H groups in total. The first-order valence-corrected chi connectivity index (χ1v) is 3.80. The number of anilines is 1. The van der Waals surface area contributed by atoms with Gasteiger partial charge in [0.05, 0.1) is 0 Å². The molecule has 3 heteroatoms. The zero-order valence-corrected chi connectivity index (χ0v) is 6.87. The molecule has 0 spiro atoms. The third-order valence-electron chi connectivity index (χ3n) is 1.69. The normalized spacial score (nSPS) is 9.42. The summed E-state index contributed by atoms with van der Waals surface area (Å²) in [5.74, 6) is 0.272. The monoisotopic (exact) mass is 165 g/mol. The van der Waals surface area contributed by atoms with Gasteiger partial charge in [-0.05, 0) is 30.2 Å². The first-order valence-electron chi connectivity index (χ1n) is 3.80. The summed E-state index contributed by atoms with van der Waals surface area (Å²) in [7, 11) is 0. The number of phenols is 1. The van der Waals surface area contributed by atoms with E-state index < -0.39 is 0 Å². The van der Waals surface area contributed by atoms with Gasteiger partial charge in [-0.15, -0.1) is 0 Å². The van der Waals surface area contributed by atoms with Gasteiger partial charge in [0.15, 0.2) is 0 Å². The molecule has 0 saturated carbocycles. The zero-order chi connectivity index (χ0) is 8.97. The van der Waals surface area contributed by atoms with Crippen LogP contribution in [-0.2, 0) is 11.2 Å². The lowest BCUT2D eigenvalue weighted by atomic mass is 10.1. The number of benzene rings is 1. The zero-order valence-electron chi connectivity index (χ0n) is 6.87. The van der Waals surface area contributed by atoms with Crippen LogP contribution in [0.25, 0.3) is 0 Å². The molecule has 1 rings (SSSR count). The minimum Gasteiger partial charge on any atom is -0.508 e. The molecule has 0 bridgehead atoms. The number of amides is 1. The molecule has 64 valence electrons. The van der Waals surface area contributed by atoms with Crippen LogP contribution in [0.1, 0.15) is 12.5 Å². The molecule has 0 atom stereocenters. The molecule has 1 aromatic rings. The Morgan fingerprint density at radius 3 is 2.92 bits per heavy atom. The third-order valence-corrected chi connectivity index (χ3v) is 1.69. The number of hydrogen-bond donors (Lipinski definition) is 2. The molecule has 0 heterocycles. The largest absolute Gasteiger partial charge is 0.508 e. The molecule has 1 aromatic carbocycles. The topological polar surface area (TPSA) is 49.3 Å². The van der Waals surface area contributed by atoms with E-state index >= 15 is 0 Å². The van der Waals surface area contributed by atoms with Crippen LogP contribution >= 0.6 is 0 Å². The summed E-state index contributed by atoms with van der Waals surface area (Å²) in [5, 5.41) is 11.8.